The molecule has 5 heteroatoms. The summed E-state index contributed by atoms with van der Waals surface area (Å²) in [5, 5.41) is 7.74. The third kappa shape index (κ3) is 2.90. The van der Waals surface area contributed by atoms with Crippen molar-refractivity contribution in [2.24, 2.45) is 5.10 Å². The van der Waals surface area contributed by atoms with E-state index in [1.807, 2.05) is 60.7 Å². The van der Waals surface area contributed by atoms with Gasteiger partial charge in [-0.1, -0.05) is 54.1 Å². The Balaban J connectivity index is 1.60. The minimum Gasteiger partial charge on any atom is -0.497 e. The summed E-state index contributed by atoms with van der Waals surface area (Å²) in [4.78, 5) is 0. The normalized spacial score (nSPS) is 20.1. The molecule has 0 bridgehead atoms. The first-order chi connectivity index (χ1) is 13.7. The molecule has 0 amide bonds. The van der Waals surface area contributed by atoms with Crippen LogP contribution < -0.4 is 9.47 Å². The average Bonchev–Trinajstić information content (AvgIpc) is 3.19. The van der Waals surface area contributed by atoms with Gasteiger partial charge in [-0.2, -0.15) is 5.10 Å². The Morgan fingerprint density at radius 1 is 1.04 bits per heavy atom. The highest BCUT2D eigenvalue weighted by Gasteiger charge is 2.40. The van der Waals surface area contributed by atoms with E-state index in [9.17, 15) is 0 Å². The van der Waals surface area contributed by atoms with Crippen molar-refractivity contribution in [2.75, 3.05) is 7.11 Å². The molecular formula is C23H19ClN2O2. The molecule has 140 valence electrons. The van der Waals surface area contributed by atoms with Gasteiger partial charge >= 0.3 is 0 Å². The van der Waals surface area contributed by atoms with Crippen LogP contribution in [0.5, 0.6) is 11.5 Å². The number of halogens is 1. The van der Waals surface area contributed by atoms with Gasteiger partial charge < -0.3 is 9.47 Å². The van der Waals surface area contributed by atoms with E-state index >= 15 is 0 Å². The van der Waals surface area contributed by atoms with Gasteiger partial charge in [0.25, 0.3) is 0 Å². The topological polar surface area (TPSA) is 34.1 Å². The van der Waals surface area contributed by atoms with E-state index in [4.69, 9.17) is 26.2 Å². The van der Waals surface area contributed by atoms with Crippen LogP contribution in [0.1, 0.15) is 35.4 Å². The summed E-state index contributed by atoms with van der Waals surface area (Å²) in [5.74, 6) is 1.70. The quantitative estimate of drug-likeness (QED) is 0.584. The molecule has 28 heavy (non-hydrogen) atoms. The highest BCUT2D eigenvalue weighted by atomic mass is 35.5. The molecular weight excluding hydrogens is 372 g/mol. The number of benzene rings is 3. The van der Waals surface area contributed by atoms with Crippen molar-refractivity contribution in [3.8, 4) is 11.5 Å². The second-order valence-corrected chi connectivity index (χ2v) is 7.38. The lowest BCUT2D eigenvalue weighted by Gasteiger charge is -2.38. The molecule has 0 aliphatic carbocycles. The molecule has 0 saturated heterocycles. The van der Waals surface area contributed by atoms with Gasteiger partial charge in [-0.15, -0.1) is 0 Å². The largest absolute Gasteiger partial charge is 0.497 e. The van der Waals surface area contributed by atoms with Gasteiger partial charge in [-0.25, -0.2) is 5.01 Å². The van der Waals surface area contributed by atoms with E-state index in [1.165, 1.54) is 0 Å². The summed E-state index contributed by atoms with van der Waals surface area (Å²) in [5.41, 5.74) is 4.22. The summed E-state index contributed by atoms with van der Waals surface area (Å²) in [6.45, 7) is 0. The Morgan fingerprint density at radius 3 is 2.75 bits per heavy atom. The maximum atomic E-state index is 6.38. The van der Waals surface area contributed by atoms with Gasteiger partial charge in [0.15, 0.2) is 0 Å². The van der Waals surface area contributed by atoms with Gasteiger partial charge in [0.05, 0.1) is 18.9 Å². The number of hydrazone groups is 1. The summed E-state index contributed by atoms with van der Waals surface area (Å²) in [6, 6.07) is 24.1. The SMILES string of the molecule is COc1cccc([C@H]2Oc3ccccc3[C@@H]3CC(c4cccc(Cl)c4)=NN23)c1. The summed E-state index contributed by atoms with van der Waals surface area (Å²) in [6.07, 6.45) is 0.493. The number of rotatable bonds is 3. The minimum absolute atomic E-state index is 0.120. The van der Waals surface area contributed by atoms with Crippen LogP contribution in [0.3, 0.4) is 0 Å². The van der Waals surface area contributed by atoms with Crippen molar-refractivity contribution < 1.29 is 9.47 Å². The van der Waals surface area contributed by atoms with Gasteiger partial charge in [0.1, 0.15) is 11.5 Å². The van der Waals surface area contributed by atoms with Crippen molar-refractivity contribution in [1.82, 2.24) is 5.01 Å². The second kappa shape index (κ2) is 6.88. The van der Waals surface area contributed by atoms with Gasteiger partial charge in [-0.3, -0.25) is 0 Å². The molecule has 0 aromatic heterocycles. The fourth-order valence-electron chi connectivity index (χ4n) is 3.89. The van der Waals surface area contributed by atoms with Crippen molar-refractivity contribution in [3.63, 3.8) is 0 Å². The molecule has 5 rings (SSSR count). The number of ether oxygens (including phenoxy) is 2. The van der Waals surface area contributed by atoms with Crippen molar-refractivity contribution in [3.05, 3.63) is 94.5 Å². The van der Waals surface area contributed by atoms with Crippen LogP contribution in [-0.2, 0) is 0 Å². The highest BCUT2D eigenvalue weighted by Crippen LogP contribution is 2.47. The minimum atomic E-state index is -0.313. The highest BCUT2D eigenvalue weighted by molar-refractivity contribution is 6.31. The van der Waals surface area contributed by atoms with Crippen LogP contribution in [0.2, 0.25) is 5.02 Å². The molecule has 4 nitrogen and oxygen atoms in total. The van der Waals surface area contributed by atoms with Crippen molar-refractivity contribution >= 4 is 17.3 Å². The summed E-state index contributed by atoms with van der Waals surface area (Å²) in [7, 11) is 1.67. The number of methoxy groups -OCH3 is 1. The van der Waals surface area contributed by atoms with Crippen LogP contribution in [0.15, 0.2) is 77.9 Å². The maximum Gasteiger partial charge on any atom is 0.214 e. The zero-order chi connectivity index (χ0) is 19.1. The summed E-state index contributed by atoms with van der Waals surface area (Å²) < 4.78 is 11.8. The molecule has 0 fully saturated rings. The molecule has 0 spiro atoms. The number of hydrogen-bond acceptors (Lipinski definition) is 4. The molecule has 2 aliphatic heterocycles. The van der Waals surface area contributed by atoms with Crippen molar-refractivity contribution in [2.45, 2.75) is 18.7 Å². The first kappa shape index (κ1) is 17.1. The van der Waals surface area contributed by atoms with Crippen LogP contribution >= 0.6 is 11.6 Å². The first-order valence-electron chi connectivity index (χ1n) is 9.24. The molecule has 0 unspecified atom stereocenters. The number of hydrogen-bond donors (Lipinski definition) is 0. The van der Waals surface area contributed by atoms with Crippen molar-refractivity contribution in [1.29, 1.82) is 0 Å². The molecule has 0 N–H and O–H groups in total. The van der Waals surface area contributed by atoms with E-state index in [-0.39, 0.29) is 12.3 Å². The Hall–Kier alpha value is -2.98. The molecule has 2 atom stereocenters. The number of nitrogens with zero attached hydrogens (tertiary/aromatic N) is 2. The lowest BCUT2D eigenvalue weighted by molar-refractivity contribution is -0.0191. The molecule has 3 aromatic rings. The fraction of sp³-hybridized carbons (Fsp3) is 0.174. The third-order valence-electron chi connectivity index (χ3n) is 5.24. The van der Waals surface area contributed by atoms with Gasteiger partial charge in [0.2, 0.25) is 6.23 Å². The number of fused-ring (bicyclic) bond motifs is 3. The van der Waals surface area contributed by atoms with Gasteiger partial charge in [0, 0.05) is 22.6 Å². The Labute approximate surface area is 169 Å². The number of para-hydroxylation sites is 1. The van der Waals surface area contributed by atoms with E-state index < -0.39 is 0 Å². The molecule has 0 radical (unpaired) electrons. The fourth-order valence-corrected chi connectivity index (χ4v) is 4.08. The van der Waals surface area contributed by atoms with Crippen LogP contribution in [0, 0.1) is 0 Å². The zero-order valence-electron chi connectivity index (χ0n) is 15.4. The standard InChI is InChI=1S/C23H19ClN2O2/c1-27-18-9-5-7-16(13-18)23-26-21(19-10-2-3-11-22(19)28-23)14-20(25-26)15-6-4-8-17(24)12-15/h2-13,21,23H,14H2,1H3/t21-,23+/m0/s1. The lowest BCUT2D eigenvalue weighted by atomic mass is 9.96. The van der Waals surface area contributed by atoms with E-state index in [0.29, 0.717) is 5.02 Å². The monoisotopic (exact) mass is 390 g/mol. The Bertz CT molecular complexity index is 1070. The zero-order valence-corrected chi connectivity index (χ0v) is 16.1. The van der Waals surface area contributed by atoms with Crippen LogP contribution in [0.25, 0.3) is 0 Å². The van der Waals surface area contributed by atoms with Crippen LogP contribution in [0.4, 0.5) is 0 Å². The summed E-state index contributed by atoms with van der Waals surface area (Å²) >= 11 is 6.21. The average molecular weight is 391 g/mol. The second-order valence-electron chi connectivity index (χ2n) is 6.94. The van der Waals surface area contributed by atoms with Gasteiger partial charge in [-0.05, 0) is 35.9 Å². The Morgan fingerprint density at radius 2 is 1.89 bits per heavy atom. The molecule has 2 heterocycles. The third-order valence-corrected chi connectivity index (χ3v) is 5.47. The molecule has 0 saturated carbocycles. The van der Waals surface area contributed by atoms with Crippen LogP contribution in [-0.4, -0.2) is 17.8 Å². The lowest BCUT2D eigenvalue weighted by Crippen LogP contribution is -2.33. The van der Waals surface area contributed by atoms with E-state index in [2.05, 4.69) is 17.1 Å². The predicted octanol–water partition coefficient (Wildman–Crippen LogP) is 5.59. The smallest absolute Gasteiger partial charge is 0.214 e. The predicted molar refractivity (Wildman–Crippen MR) is 110 cm³/mol. The molecule has 2 aliphatic rings. The van der Waals surface area contributed by atoms with E-state index in [1.54, 1.807) is 7.11 Å². The first-order valence-corrected chi connectivity index (χ1v) is 9.62. The van der Waals surface area contributed by atoms with E-state index in [0.717, 1.165) is 40.3 Å². The Kier molecular flexibility index (Phi) is 4.21. The maximum absolute atomic E-state index is 6.38. The molecule has 3 aromatic carbocycles.